The molecule has 5 heteroatoms. The summed E-state index contributed by atoms with van der Waals surface area (Å²) in [6, 6.07) is 9.39. The maximum atomic E-state index is 13.1. The normalized spacial score (nSPS) is 12.8. The van der Waals surface area contributed by atoms with Gasteiger partial charge in [-0.1, -0.05) is 12.1 Å². The van der Waals surface area contributed by atoms with E-state index in [4.69, 9.17) is 10.2 Å². The van der Waals surface area contributed by atoms with Crippen LogP contribution in [0.5, 0.6) is 0 Å². The maximum Gasteiger partial charge on any atom is 0.417 e. The topological polar surface area (TPSA) is 72.0 Å². The van der Waals surface area contributed by atoms with Crippen molar-refractivity contribution in [3.05, 3.63) is 69.5 Å². The monoisotopic (exact) mass is 272 g/mol. The molecule has 3 aromatic rings. The summed E-state index contributed by atoms with van der Waals surface area (Å²) in [5, 5.41) is 0. The van der Waals surface area contributed by atoms with Crippen molar-refractivity contribution in [2.24, 2.45) is 5.73 Å². The van der Waals surface area contributed by atoms with Gasteiger partial charge in [0.15, 0.2) is 5.58 Å². The predicted molar refractivity (Wildman–Crippen MR) is 74.0 cm³/mol. The Morgan fingerprint density at radius 2 is 2.05 bits per heavy atom. The van der Waals surface area contributed by atoms with E-state index in [9.17, 15) is 9.18 Å². The third kappa shape index (κ3) is 2.12. The summed E-state index contributed by atoms with van der Waals surface area (Å²) in [5.41, 5.74) is 9.72. The fourth-order valence-corrected chi connectivity index (χ4v) is 2.32. The van der Waals surface area contributed by atoms with Crippen LogP contribution in [0.1, 0.15) is 22.7 Å². The minimum absolute atomic E-state index is 0.287. The maximum absolute atomic E-state index is 13.1. The zero-order valence-corrected chi connectivity index (χ0v) is 10.8. The van der Waals surface area contributed by atoms with Crippen molar-refractivity contribution in [2.75, 3.05) is 0 Å². The first-order valence-electron chi connectivity index (χ1n) is 6.19. The smallest absolute Gasteiger partial charge is 0.408 e. The molecule has 0 saturated carbocycles. The van der Waals surface area contributed by atoms with Gasteiger partial charge in [0.2, 0.25) is 0 Å². The number of aromatic amines is 1. The molecule has 0 saturated heterocycles. The van der Waals surface area contributed by atoms with Crippen LogP contribution in [-0.4, -0.2) is 4.98 Å². The molecule has 0 radical (unpaired) electrons. The van der Waals surface area contributed by atoms with Crippen molar-refractivity contribution in [1.29, 1.82) is 0 Å². The van der Waals surface area contributed by atoms with E-state index in [-0.39, 0.29) is 5.82 Å². The summed E-state index contributed by atoms with van der Waals surface area (Å²) in [6.07, 6.45) is 0. The number of halogens is 1. The van der Waals surface area contributed by atoms with Gasteiger partial charge in [0, 0.05) is 0 Å². The van der Waals surface area contributed by atoms with Gasteiger partial charge in [-0.3, -0.25) is 4.98 Å². The number of aryl methyl sites for hydroxylation is 1. The molecule has 4 nitrogen and oxygen atoms in total. The summed E-state index contributed by atoms with van der Waals surface area (Å²) in [7, 11) is 0. The molecule has 0 spiro atoms. The van der Waals surface area contributed by atoms with Gasteiger partial charge in [-0.25, -0.2) is 9.18 Å². The number of rotatable bonds is 2. The molecule has 0 bridgehead atoms. The fraction of sp³-hybridized carbons (Fsp3) is 0.133. The standard InChI is InChI=1S/C15H13FN2O2/c1-8-6-10(16)3-4-11(8)14(17)9-2-5-12-13(7-9)20-15(19)18-12/h2-7,14H,17H2,1H3,(H,18,19). The van der Waals surface area contributed by atoms with Gasteiger partial charge in [-0.15, -0.1) is 0 Å². The van der Waals surface area contributed by atoms with Crippen LogP contribution in [0.2, 0.25) is 0 Å². The largest absolute Gasteiger partial charge is 0.417 e. The Kier molecular flexibility index (Phi) is 2.91. The average Bonchev–Trinajstić information content (AvgIpc) is 2.77. The molecule has 1 heterocycles. The highest BCUT2D eigenvalue weighted by Gasteiger charge is 2.13. The number of aromatic nitrogens is 1. The van der Waals surface area contributed by atoms with Gasteiger partial charge >= 0.3 is 5.76 Å². The number of benzene rings is 2. The summed E-state index contributed by atoms with van der Waals surface area (Å²) in [6.45, 7) is 1.81. The number of nitrogens with one attached hydrogen (secondary N) is 1. The Morgan fingerprint density at radius 1 is 1.25 bits per heavy atom. The van der Waals surface area contributed by atoms with Gasteiger partial charge in [-0.2, -0.15) is 0 Å². The third-order valence-corrected chi connectivity index (χ3v) is 3.37. The van der Waals surface area contributed by atoms with E-state index in [0.717, 1.165) is 16.7 Å². The quantitative estimate of drug-likeness (QED) is 0.753. The van der Waals surface area contributed by atoms with E-state index in [0.29, 0.717) is 11.1 Å². The lowest BCUT2D eigenvalue weighted by molar-refractivity contribution is 0.555. The lowest BCUT2D eigenvalue weighted by Gasteiger charge is -2.15. The van der Waals surface area contributed by atoms with E-state index in [1.807, 2.05) is 13.0 Å². The van der Waals surface area contributed by atoms with Crippen LogP contribution in [0.15, 0.2) is 45.6 Å². The number of H-pyrrole nitrogens is 1. The Bertz CT molecular complexity index is 835. The van der Waals surface area contributed by atoms with Gasteiger partial charge in [0.1, 0.15) is 5.82 Å². The molecule has 3 rings (SSSR count). The first-order chi connectivity index (χ1) is 9.54. The molecule has 0 fully saturated rings. The summed E-state index contributed by atoms with van der Waals surface area (Å²) in [5.74, 6) is -0.783. The molecule has 0 aliphatic carbocycles. The van der Waals surface area contributed by atoms with Crippen LogP contribution in [-0.2, 0) is 0 Å². The van der Waals surface area contributed by atoms with Gasteiger partial charge in [0.05, 0.1) is 11.6 Å². The Hall–Kier alpha value is -2.40. The number of nitrogens with two attached hydrogens (primary N) is 1. The minimum Gasteiger partial charge on any atom is -0.408 e. The molecule has 3 N–H and O–H groups in total. The Morgan fingerprint density at radius 3 is 2.80 bits per heavy atom. The first kappa shape index (κ1) is 12.6. The summed E-state index contributed by atoms with van der Waals surface area (Å²) < 4.78 is 18.1. The van der Waals surface area contributed by atoms with Crippen LogP contribution < -0.4 is 11.5 Å². The Balaban J connectivity index is 2.06. The molecular weight excluding hydrogens is 259 g/mol. The fourth-order valence-electron chi connectivity index (χ4n) is 2.32. The molecule has 0 aliphatic heterocycles. The van der Waals surface area contributed by atoms with E-state index in [1.165, 1.54) is 12.1 Å². The van der Waals surface area contributed by atoms with Crippen LogP contribution in [0.4, 0.5) is 4.39 Å². The molecule has 102 valence electrons. The van der Waals surface area contributed by atoms with E-state index in [2.05, 4.69) is 4.98 Å². The second-order valence-electron chi connectivity index (χ2n) is 4.75. The highest BCUT2D eigenvalue weighted by Crippen LogP contribution is 2.25. The van der Waals surface area contributed by atoms with Crippen LogP contribution in [0, 0.1) is 12.7 Å². The predicted octanol–water partition coefficient (Wildman–Crippen LogP) is 2.62. The minimum atomic E-state index is -0.497. The number of fused-ring (bicyclic) bond motifs is 1. The van der Waals surface area contributed by atoms with Crippen molar-refractivity contribution in [3.8, 4) is 0 Å². The van der Waals surface area contributed by atoms with Crippen LogP contribution >= 0.6 is 0 Å². The highest BCUT2D eigenvalue weighted by atomic mass is 19.1. The molecule has 1 unspecified atom stereocenters. The van der Waals surface area contributed by atoms with Gasteiger partial charge < -0.3 is 10.2 Å². The molecule has 20 heavy (non-hydrogen) atoms. The molecule has 1 atom stereocenters. The van der Waals surface area contributed by atoms with E-state index in [1.54, 1.807) is 18.2 Å². The van der Waals surface area contributed by atoms with Crippen LogP contribution in [0.3, 0.4) is 0 Å². The molecule has 2 aromatic carbocycles. The Labute approximate surface area is 114 Å². The number of hydrogen-bond acceptors (Lipinski definition) is 3. The molecule has 1 aromatic heterocycles. The highest BCUT2D eigenvalue weighted by molar-refractivity contribution is 5.73. The van der Waals surface area contributed by atoms with Crippen LogP contribution in [0.25, 0.3) is 11.1 Å². The molecular formula is C15H13FN2O2. The van der Waals surface area contributed by atoms with Gasteiger partial charge in [0.25, 0.3) is 0 Å². The second kappa shape index (κ2) is 4.61. The zero-order chi connectivity index (χ0) is 14.3. The van der Waals surface area contributed by atoms with E-state index >= 15 is 0 Å². The third-order valence-electron chi connectivity index (χ3n) is 3.37. The summed E-state index contributed by atoms with van der Waals surface area (Å²) >= 11 is 0. The van der Waals surface area contributed by atoms with Crippen molar-refractivity contribution >= 4 is 11.1 Å². The van der Waals surface area contributed by atoms with Crippen molar-refractivity contribution in [3.63, 3.8) is 0 Å². The second-order valence-corrected chi connectivity index (χ2v) is 4.75. The molecule has 0 aliphatic rings. The van der Waals surface area contributed by atoms with Crippen molar-refractivity contribution in [2.45, 2.75) is 13.0 Å². The lowest BCUT2D eigenvalue weighted by atomic mass is 9.95. The first-order valence-corrected chi connectivity index (χ1v) is 6.19. The number of oxazole rings is 1. The van der Waals surface area contributed by atoms with Gasteiger partial charge in [-0.05, 0) is 47.9 Å². The van der Waals surface area contributed by atoms with E-state index < -0.39 is 11.8 Å². The lowest BCUT2D eigenvalue weighted by Crippen LogP contribution is -2.13. The number of hydrogen-bond donors (Lipinski definition) is 2. The average molecular weight is 272 g/mol. The molecule has 0 amide bonds. The summed E-state index contributed by atoms with van der Waals surface area (Å²) in [4.78, 5) is 13.7. The zero-order valence-electron chi connectivity index (χ0n) is 10.8. The SMILES string of the molecule is Cc1cc(F)ccc1C(N)c1ccc2[nH]c(=O)oc2c1. The van der Waals surface area contributed by atoms with Crippen molar-refractivity contribution < 1.29 is 8.81 Å². The van der Waals surface area contributed by atoms with Crippen molar-refractivity contribution in [1.82, 2.24) is 4.98 Å².